The van der Waals surface area contributed by atoms with Crippen LogP contribution in [0, 0.1) is 0 Å². The summed E-state index contributed by atoms with van der Waals surface area (Å²) in [6.45, 7) is 10.7. The van der Waals surface area contributed by atoms with Crippen LogP contribution in [0.1, 0.15) is 36.1 Å². The van der Waals surface area contributed by atoms with Gasteiger partial charge in [0.25, 0.3) is 0 Å². The zero-order chi connectivity index (χ0) is 31.6. The van der Waals surface area contributed by atoms with E-state index in [1.807, 2.05) is 60.7 Å². The van der Waals surface area contributed by atoms with E-state index < -0.39 is 17.4 Å². The number of hydrogen-bond acceptors (Lipinski definition) is 4. The summed E-state index contributed by atoms with van der Waals surface area (Å²) >= 11 is 0. The monoisotopic (exact) mass is 588 g/mol. The number of benzene rings is 6. The lowest BCUT2D eigenvalue weighted by molar-refractivity contribution is -0.130. The van der Waals surface area contributed by atoms with E-state index in [-0.39, 0.29) is 0 Å². The fourth-order valence-electron chi connectivity index (χ4n) is 5.97. The van der Waals surface area contributed by atoms with Crippen molar-refractivity contribution in [3.63, 3.8) is 0 Å². The van der Waals surface area contributed by atoms with E-state index in [9.17, 15) is 9.59 Å². The van der Waals surface area contributed by atoms with Gasteiger partial charge in [-0.1, -0.05) is 122 Å². The average molecular weight is 589 g/mol. The van der Waals surface area contributed by atoms with Gasteiger partial charge in [-0.15, -0.1) is 0 Å². The van der Waals surface area contributed by atoms with Crippen LogP contribution in [-0.4, -0.2) is 11.9 Å². The van der Waals surface area contributed by atoms with Gasteiger partial charge in [-0.25, -0.2) is 9.59 Å². The molecule has 0 bridgehead atoms. The standard InChI is InChI=1S/C41H32O4/c1-27(2)39(42)44-33-23-19-31(20-24-33)41(37-17-9-13-29-11-5-7-15-35(29)37,38-18-10-14-30-12-6-8-16-36(30)38)32-21-25-34(26-22-32)45-40(43)28(3)4/h5-26H,1,3H2,2,4H3. The highest BCUT2D eigenvalue weighted by Gasteiger charge is 2.40. The maximum atomic E-state index is 12.3. The quantitative estimate of drug-likeness (QED) is 0.0769. The van der Waals surface area contributed by atoms with Crippen LogP contribution in [-0.2, 0) is 15.0 Å². The molecule has 0 aliphatic heterocycles. The highest BCUT2D eigenvalue weighted by molar-refractivity contribution is 5.94. The SMILES string of the molecule is C=C(C)C(=O)Oc1ccc(C(c2ccc(OC(=O)C(=C)C)cc2)(c2cccc3ccccc23)c2cccc3ccccc23)cc1. The second kappa shape index (κ2) is 12.1. The number of fused-ring (bicyclic) bond motifs is 2. The first kappa shape index (κ1) is 29.3. The maximum Gasteiger partial charge on any atom is 0.338 e. The van der Waals surface area contributed by atoms with Crippen molar-refractivity contribution in [2.24, 2.45) is 0 Å². The molecule has 6 rings (SSSR count). The third-order valence-corrected chi connectivity index (χ3v) is 8.08. The minimum Gasteiger partial charge on any atom is -0.423 e. The fraction of sp³-hybridized carbons (Fsp3) is 0.0732. The summed E-state index contributed by atoms with van der Waals surface area (Å²) in [6, 6.07) is 44.8. The Balaban J connectivity index is 1.69. The number of rotatable bonds is 8. The van der Waals surface area contributed by atoms with Crippen molar-refractivity contribution >= 4 is 33.5 Å². The van der Waals surface area contributed by atoms with Crippen LogP contribution in [0.25, 0.3) is 21.5 Å². The van der Waals surface area contributed by atoms with E-state index >= 15 is 0 Å². The minimum atomic E-state index is -0.838. The van der Waals surface area contributed by atoms with Crippen molar-refractivity contribution < 1.29 is 19.1 Å². The summed E-state index contributed by atoms with van der Waals surface area (Å²) in [5, 5.41) is 4.42. The molecule has 0 N–H and O–H groups in total. The second-order valence-corrected chi connectivity index (χ2v) is 11.2. The van der Waals surface area contributed by atoms with Gasteiger partial charge >= 0.3 is 11.9 Å². The lowest BCUT2D eigenvalue weighted by atomic mass is 9.63. The first-order valence-electron chi connectivity index (χ1n) is 14.7. The highest BCUT2D eigenvalue weighted by atomic mass is 16.5. The summed E-state index contributed by atoms with van der Waals surface area (Å²) in [4.78, 5) is 24.7. The van der Waals surface area contributed by atoms with Crippen molar-refractivity contribution in [3.05, 3.63) is 180 Å². The zero-order valence-electron chi connectivity index (χ0n) is 25.2. The molecule has 0 saturated heterocycles. The average Bonchev–Trinajstić information content (AvgIpc) is 3.06. The molecule has 0 aliphatic carbocycles. The van der Waals surface area contributed by atoms with E-state index in [1.165, 1.54) is 0 Å². The van der Waals surface area contributed by atoms with Crippen molar-refractivity contribution in [1.29, 1.82) is 0 Å². The van der Waals surface area contributed by atoms with Crippen molar-refractivity contribution in [2.45, 2.75) is 19.3 Å². The van der Waals surface area contributed by atoms with E-state index in [0.717, 1.165) is 43.8 Å². The van der Waals surface area contributed by atoms with Crippen molar-refractivity contribution in [2.75, 3.05) is 0 Å². The highest BCUT2D eigenvalue weighted by Crippen LogP contribution is 2.50. The van der Waals surface area contributed by atoms with Gasteiger partial charge in [0.05, 0.1) is 5.41 Å². The van der Waals surface area contributed by atoms with Crippen LogP contribution in [0.2, 0.25) is 0 Å². The van der Waals surface area contributed by atoms with Gasteiger partial charge in [0.15, 0.2) is 0 Å². The molecule has 220 valence electrons. The van der Waals surface area contributed by atoms with Gasteiger partial charge in [-0.3, -0.25) is 0 Å². The molecule has 0 aliphatic rings. The molecule has 4 heteroatoms. The van der Waals surface area contributed by atoms with Crippen LogP contribution < -0.4 is 9.47 Å². The van der Waals surface area contributed by atoms with Gasteiger partial charge in [-0.05, 0) is 81.9 Å². The Morgan fingerprint density at radius 2 is 0.844 bits per heavy atom. The van der Waals surface area contributed by atoms with Gasteiger partial charge in [0.1, 0.15) is 11.5 Å². The van der Waals surface area contributed by atoms with Gasteiger partial charge in [0.2, 0.25) is 0 Å². The molecule has 6 aromatic carbocycles. The van der Waals surface area contributed by atoms with Crippen LogP contribution >= 0.6 is 0 Å². The van der Waals surface area contributed by atoms with Gasteiger partial charge < -0.3 is 9.47 Å². The normalized spacial score (nSPS) is 11.2. The Morgan fingerprint density at radius 3 is 1.22 bits per heavy atom. The molecule has 0 unspecified atom stereocenters. The zero-order valence-corrected chi connectivity index (χ0v) is 25.2. The topological polar surface area (TPSA) is 52.6 Å². The Hall–Kier alpha value is -5.74. The minimum absolute atomic E-state index is 0.326. The van der Waals surface area contributed by atoms with E-state index in [2.05, 4.69) is 86.0 Å². The Morgan fingerprint density at radius 1 is 0.489 bits per heavy atom. The van der Waals surface area contributed by atoms with Crippen molar-refractivity contribution in [3.8, 4) is 11.5 Å². The molecule has 0 heterocycles. The van der Waals surface area contributed by atoms with Crippen LogP contribution in [0.3, 0.4) is 0 Å². The van der Waals surface area contributed by atoms with E-state index in [1.54, 1.807) is 13.8 Å². The molecule has 0 amide bonds. The number of carbonyl (C=O) groups excluding carboxylic acids is 2. The number of hydrogen-bond donors (Lipinski definition) is 0. The summed E-state index contributed by atoms with van der Waals surface area (Å²) in [5.41, 5.74) is 3.91. The summed E-state index contributed by atoms with van der Waals surface area (Å²) in [6.07, 6.45) is 0. The number of carbonyl (C=O) groups is 2. The lowest BCUT2D eigenvalue weighted by Gasteiger charge is -2.38. The molecular weight excluding hydrogens is 556 g/mol. The molecule has 0 fully saturated rings. The molecule has 6 aromatic rings. The largest absolute Gasteiger partial charge is 0.423 e. The van der Waals surface area contributed by atoms with Crippen LogP contribution in [0.5, 0.6) is 11.5 Å². The fourth-order valence-corrected chi connectivity index (χ4v) is 5.97. The van der Waals surface area contributed by atoms with Crippen LogP contribution in [0.4, 0.5) is 0 Å². The van der Waals surface area contributed by atoms with Crippen LogP contribution in [0.15, 0.2) is 158 Å². The molecule has 0 spiro atoms. The molecule has 0 atom stereocenters. The van der Waals surface area contributed by atoms with E-state index in [4.69, 9.17) is 9.47 Å². The Labute approximate surface area is 262 Å². The first-order chi connectivity index (χ1) is 21.8. The third-order valence-electron chi connectivity index (χ3n) is 8.08. The summed E-state index contributed by atoms with van der Waals surface area (Å²) < 4.78 is 11.2. The van der Waals surface area contributed by atoms with Crippen molar-refractivity contribution in [1.82, 2.24) is 0 Å². The molecule has 0 aromatic heterocycles. The lowest BCUT2D eigenvalue weighted by Crippen LogP contribution is -2.31. The second-order valence-electron chi connectivity index (χ2n) is 11.2. The maximum absolute atomic E-state index is 12.3. The molecule has 0 radical (unpaired) electrons. The Kier molecular flexibility index (Phi) is 7.89. The summed E-state index contributed by atoms with van der Waals surface area (Å²) in [5.74, 6) is -0.0916. The molecule has 0 saturated carbocycles. The first-order valence-corrected chi connectivity index (χ1v) is 14.7. The van der Waals surface area contributed by atoms with Gasteiger partial charge in [-0.2, -0.15) is 0 Å². The number of esters is 2. The summed E-state index contributed by atoms with van der Waals surface area (Å²) in [7, 11) is 0. The molecular formula is C41H32O4. The molecule has 45 heavy (non-hydrogen) atoms. The number of ether oxygens (including phenoxy) is 2. The Bertz CT molecular complexity index is 1920. The van der Waals surface area contributed by atoms with E-state index in [0.29, 0.717) is 22.6 Å². The van der Waals surface area contributed by atoms with Gasteiger partial charge in [0, 0.05) is 11.1 Å². The predicted molar refractivity (Wildman–Crippen MR) is 181 cm³/mol. The smallest absolute Gasteiger partial charge is 0.338 e. The predicted octanol–water partition coefficient (Wildman–Crippen LogP) is 9.34. The third kappa shape index (κ3) is 5.43. The molecule has 4 nitrogen and oxygen atoms in total.